The van der Waals surface area contributed by atoms with Crippen LogP contribution < -0.4 is 5.32 Å². The van der Waals surface area contributed by atoms with Crippen LogP contribution in [0.3, 0.4) is 0 Å². The fourth-order valence-electron chi connectivity index (χ4n) is 2.84. The van der Waals surface area contributed by atoms with Gasteiger partial charge in [-0.25, -0.2) is 0 Å². The van der Waals surface area contributed by atoms with E-state index in [-0.39, 0.29) is 5.91 Å². The molecule has 0 saturated heterocycles. The zero-order chi connectivity index (χ0) is 19.7. The van der Waals surface area contributed by atoms with Gasteiger partial charge in [-0.3, -0.25) is 14.2 Å². The molecular weight excluding hydrogens is 385 g/mol. The van der Waals surface area contributed by atoms with Crippen LogP contribution in [0.15, 0.2) is 30.5 Å². The van der Waals surface area contributed by atoms with Crippen LogP contribution in [0.1, 0.15) is 35.6 Å². The van der Waals surface area contributed by atoms with E-state index in [1.165, 1.54) is 0 Å². The number of aryl methyl sites for hydroxylation is 2. The minimum atomic E-state index is -0.424. The second-order valence-electron chi connectivity index (χ2n) is 6.54. The van der Waals surface area contributed by atoms with Crippen LogP contribution in [0.4, 0.5) is 5.69 Å². The maximum atomic E-state index is 12.6. The highest BCUT2D eigenvalue weighted by molar-refractivity contribution is 6.35. The van der Waals surface area contributed by atoms with Crippen molar-refractivity contribution in [2.45, 2.75) is 40.3 Å². The number of benzene rings is 1. The fourth-order valence-corrected chi connectivity index (χ4v) is 3.31. The van der Waals surface area contributed by atoms with E-state index in [9.17, 15) is 4.79 Å². The summed E-state index contributed by atoms with van der Waals surface area (Å²) in [5, 5.41) is 13.0. The van der Waals surface area contributed by atoms with Gasteiger partial charge < -0.3 is 5.32 Å². The van der Waals surface area contributed by atoms with E-state index in [4.69, 9.17) is 23.2 Å². The molecule has 6 nitrogen and oxygen atoms in total. The zero-order valence-electron chi connectivity index (χ0n) is 15.6. The predicted octanol–water partition coefficient (Wildman–Crippen LogP) is 4.56. The number of rotatable bonds is 5. The van der Waals surface area contributed by atoms with Crippen molar-refractivity contribution in [2.75, 3.05) is 5.32 Å². The number of nitrogens with one attached hydrogen (secondary N) is 1. The van der Waals surface area contributed by atoms with E-state index in [1.54, 1.807) is 23.0 Å². The Morgan fingerprint density at radius 2 is 1.93 bits per heavy atom. The maximum Gasteiger partial charge on any atom is 0.249 e. The number of carbonyl (C=O) groups excluding carboxylic acids is 1. The first kappa shape index (κ1) is 19.5. The molecule has 2 aromatic heterocycles. The van der Waals surface area contributed by atoms with Crippen molar-refractivity contribution in [3.63, 3.8) is 0 Å². The Bertz CT molecular complexity index is 992. The molecule has 0 aliphatic rings. The van der Waals surface area contributed by atoms with Gasteiger partial charge in [-0.2, -0.15) is 10.2 Å². The van der Waals surface area contributed by atoms with E-state index in [2.05, 4.69) is 15.5 Å². The van der Waals surface area contributed by atoms with Gasteiger partial charge in [0.25, 0.3) is 0 Å². The van der Waals surface area contributed by atoms with E-state index in [0.29, 0.717) is 22.3 Å². The Hall–Kier alpha value is -2.31. The van der Waals surface area contributed by atoms with E-state index < -0.39 is 6.04 Å². The number of carbonyl (C=O) groups is 1. The van der Waals surface area contributed by atoms with Gasteiger partial charge in [-0.15, -0.1) is 0 Å². The molecule has 27 heavy (non-hydrogen) atoms. The summed E-state index contributed by atoms with van der Waals surface area (Å²) < 4.78 is 3.47. The molecule has 0 spiro atoms. The van der Waals surface area contributed by atoms with Crippen LogP contribution in [-0.2, 0) is 11.3 Å². The highest BCUT2D eigenvalue weighted by Gasteiger charge is 2.20. The van der Waals surface area contributed by atoms with Crippen LogP contribution in [0.2, 0.25) is 10.0 Å². The third-order valence-electron chi connectivity index (χ3n) is 4.48. The molecular formula is C19H21Cl2N5O. The van der Waals surface area contributed by atoms with E-state index >= 15 is 0 Å². The Balaban J connectivity index is 1.80. The standard InChI is InChI=1S/C19H21Cl2N5O/c1-11-7-8-25(23-11)14(4)19(27)22-18-12(2)24-26(13(18)3)10-15-5-6-16(20)9-17(15)21/h5-9,14H,10H2,1-4H3,(H,22,27). The lowest BCUT2D eigenvalue weighted by Gasteiger charge is -2.13. The predicted molar refractivity (Wildman–Crippen MR) is 108 cm³/mol. The summed E-state index contributed by atoms with van der Waals surface area (Å²) in [4.78, 5) is 12.6. The largest absolute Gasteiger partial charge is 0.321 e. The number of hydrogen-bond donors (Lipinski definition) is 1. The summed E-state index contributed by atoms with van der Waals surface area (Å²) in [7, 11) is 0. The summed E-state index contributed by atoms with van der Waals surface area (Å²) in [5.41, 5.74) is 4.09. The Kier molecular flexibility index (Phi) is 5.58. The fraction of sp³-hybridized carbons (Fsp3) is 0.316. The van der Waals surface area contributed by atoms with Crippen LogP contribution >= 0.6 is 23.2 Å². The minimum absolute atomic E-state index is 0.145. The number of anilines is 1. The highest BCUT2D eigenvalue weighted by Crippen LogP contribution is 2.25. The maximum absolute atomic E-state index is 12.6. The van der Waals surface area contributed by atoms with E-state index in [1.807, 2.05) is 44.5 Å². The Morgan fingerprint density at radius 3 is 2.56 bits per heavy atom. The number of halogens is 2. The minimum Gasteiger partial charge on any atom is -0.321 e. The van der Waals surface area contributed by atoms with Crippen LogP contribution in [-0.4, -0.2) is 25.5 Å². The van der Waals surface area contributed by atoms with Gasteiger partial charge in [0, 0.05) is 16.2 Å². The summed E-state index contributed by atoms with van der Waals surface area (Å²) in [5.74, 6) is -0.145. The Labute approximate surface area is 168 Å². The molecule has 1 amide bonds. The van der Waals surface area contributed by atoms with Gasteiger partial charge in [0.05, 0.1) is 29.3 Å². The summed E-state index contributed by atoms with van der Waals surface area (Å²) in [6.07, 6.45) is 1.80. The summed E-state index contributed by atoms with van der Waals surface area (Å²) >= 11 is 12.2. The van der Waals surface area contributed by atoms with Crippen LogP contribution in [0.25, 0.3) is 0 Å². The molecule has 1 aromatic carbocycles. The van der Waals surface area contributed by atoms with E-state index in [0.717, 1.165) is 22.6 Å². The molecule has 0 aliphatic carbocycles. The van der Waals surface area contributed by atoms with Crippen molar-refractivity contribution in [1.82, 2.24) is 19.6 Å². The lowest BCUT2D eigenvalue weighted by Crippen LogP contribution is -2.24. The van der Waals surface area contributed by atoms with Crippen molar-refractivity contribution in [2.24, 2.45) is 0 Å². The molecule has 0 radical (unpaired) electrons. The third-order valence-corrected chi connectivity index (χ3v) is 5.07. The average Bonchev–Trinajstić information content (AvgIpc) is 3.15. The monoisotopic (exact) mass is 405 g/mol. The zero-order valence-corrected chi connectivity index (χ0v) is 17.1. The quantitative estimate of drug-likeness (QED) is 0.676. The molecule has 1 unspecified atom stereocenters. The van der Waals surface area contributed by atoms with Crippen molar-refractivity contribution >= 4 is 34.8 Å². The number of nitrogens with zero attached hydrogens (tertiary/aromatic N) is 4. The molecule has 8 heteroatoms. The lowest BCUT2D eigenvalue weighted by atomic mass is 10.2. The molecule has 3 aromatic rings. The number of aromatic nitrogens is 4. The van der Waals surface area contributed by atoms with Gasteiger partial charge in [0.1, 0.15) is 6.04 Å². The van der Waals surface area contributed by atoms with Gasteiger partial charge in [0.2, 0.25) is 5.91 Å². The van der Waals surface area contributed by atoms with Gasteiger partial charge in [0.15, 0.2) is 0 Å². The highest BCUT2D eigenvalue weighted by atomic mass is 35.5. The second-order valence-corrected chi connectivity index (χ2v) is 7.39. The topological polar surface area (TPSA) is 64.7 Å². The molecule has 0 aliphatic heterocycles. The van der Waals surface area contributed by atoms with Crippen LogP contribution in [0, 0.1) is 20.8 Å². The average molecular weight is 406 g/mol. The van der Waals surface area contributed by atoms with Gasteiger partial charge in [-0.05, 0) is 51.5 Å². The first-order valence-electron chi connectivity index (χ1n) is 8.57. The molecule has 1 atom stereocenters. The molecule has 0 bridgehead atoms. The van der Waals surface area contributed by atoms with Crippen molar-refractivity contribution in [3.05, 3.63) is 63.2 Å². The van der Waals surface area contributed by atoms with Gasteiger partial charge >= 0.3 is 0 Å². The summed E-state index contributed by atoms with van der Waals surface area (Å²) in [6, 6.07) is 6.83. The molecule has 142 valence electrons. The third kappa shape index (κ3) is 4.17. The van der Waals surface area contributed by atoms with Crippen molar-refractivity contribution in [3.8, 4) is 0 Å². The molecule has 0 saturated carbocycles. The number of amides is 1. The lowest BCUT2D eigenvalue weighted by molar-refractivity contribution is -0.119. The first-order valence-corrected chi connectivity index (χ1v) is 9.32. The van der Waals surface area contributed by atoms with Crippen molar-refractivity contribution < 1.29 is 4.79 Å². The van der Waals surface area contributed by atoms with Gasteiger partial charge in [-0.1, -0.05) is 29.3 Å². The smallest absolute Gasteiger partial charge is 0.249 e. The molecule has 0 fully saturated rings. The normalized spacial score (nSPS) is 12.2. The second kappa shape index (κ2) is 7.74. The first-order chi connectivity index (χ1) is 12.8. The number of hydrogen-bond acceptors (Lipinski definition) is 3. The van der Waals surface area contributed by atoms with Crippen molar-refractivity contribution in [1.29, 1.82) is 0 Å². The summed E-state index contributed by atoms with van der Waals surface area (Å²) in [6.45, 7) is 7.98. The molecule has 2 heterocycles. The molecule has 1 N–H and O–H groups in total. The Morgan fingerprint density at radius 1 is 1.19 bits per heavy atom. The SMILES string of the molecule is Cc1ccn(C(C)C(=O)Nc2c(C)nn(Cc3ccc(Cl)cc3Cl)c2C)n1. The van der Waals surface area contributed by atoms with Crippen LogP contribution in [0.5, 0.6) is 0 Å². The molecule has 3 rings (SSSR count).